The van der Waals surface area contributed by atoms with Crippen molar-refractivity contribution in [3.63, 3.8) is 0 Å². The van der Waals surface area contributed by atoms with Crippen LogP contribution >= 0.6 is 0 Å². The first-order valence-electron chi connectivity index (χ1n) is 18.9. The fourth-order valence-corrected chi connectivity index (χ4v) is 6.55. The quantitative estimate of drug-likeness (QED) is 0.0789. The molecule has 0 saturated carbocycles. The summed E-state index contributed by atoms with van der Waals surface area (Å²) in [5.41, 5.74) is -0.458. The summed E-state index contributed by atoms with van der Waals surface area (Å²) in [7, 11) is 0. The van der Waals surface area contributed by atoms with Gasteiger partial charge < -0.3 is 5.11 Å². The molecule has 0 fully saturated rings. The fraction of sp³-hybridized carbons (Fsp3) is 0.974. The van der Waals surface area contributed by atoms with Gasteiger partial charge in [-0.1, -0.05) is 213 Å². The first-order chi connectivity index (χ1) is 19.6. The Bertz CT molecular complexity index is 440. The van der Waals surface area contributed by atoms with E-state index < -0.39 is 11.4 Å². The number of hydrogen-bond acceptors (Lipinski definition) is 1. The third-order valence-corrected chi connectivity index (χ3v) is 9.48. The van der Waals surface area contributed by atoms with Crippen LogP contribution in [0.15, 0.2) is 0 Å². The van der Waals surface area contributed by atoms with Crippen molar-refractivity contribution in [2.75, 3.05) is 0 Å². The highest BCUT2D eigenvalue weighted by Crippen LogP contribution is 2.38. The lowest BCUT2D eigenvalue weighted by Crippen LogP contribution is -2.31. The molecule has 0 aliphatic rings. The van der Waals surface area contributed by atoms with Crippen molar-refractivity contribution in [3.8, 4) is 0 Å². The first kappa shape index (κ1) is 39.5. The van der Waals surface area contributed by atoms with Crippen molar-refractivity contribution in [1.29, 1.82) is 0 Å². The second-order valence-electron chi connectivity index (χ2n) is 13.4. The maximum absolute atomic E-state index is 12.7. The molecule has 0 atom stereocenters. The number of unbranched alkanes of at least 4 members (excludes halogenated alkanes) is 27. The second-order valence-corrected chi connectivity index (χ2v) is 13.4. The molecule has 0 aliphatic carbocycles. The molecule has 0 rings (SSSR count). The SMILES string of the molecule is CCCCCCCCCCCCC(CCCCCCCCCCCC)(CCCCCCCCCCCC)C(=O)O. The molecule has 2 heteroatoms. The lowest BCUT2D eigenvalue weighted by Gasteiger charge is -2.30. The van der Waals surface area contributed by atoms with E-state index in [2.05, 4.69) is 20.8 Å². The zero-order chi connectivity index (χ0) is 29.4. The number of hydrogen-bond donors (Lipinski definition) is 1. The van der Waals surface area contributed by atoms with E-state index >= 15 is 0 Å². The Labute approximate surface area is 253 Å². The van der Waals surface area contributed by atoms with E-state index in [1.54, 1.807) is 0 Å². The summed E-state index contributed by atoms with van der Waals surface area (Å²) in [4.78, 5) is 12.7. The highest BCUT2D eigenvalue weighted by molar-refractivity contribution is 5.74. The van der Waals surface area contributed by atoms with Crippen LogP contribution in [0.4, 0.5) is 0 Å². The average Bonchev–Trinajstić information content (AvgIpc) is 2.95. The van der Waals surface area contributed by atoms with Gasteiger partial charge in [0.05, 0.1) is 5.41 Å². The summed E-state index contributed by atoms with van der Waals surface area (Å²) in [5.74, 6) is -0.490. The number of carboxylic acids is 1. The molecule has 0 aromatic heterocycles. The van der Waals surface area contributed by atoms with E-state index in [-0.39, 0.29) is 0 Å². The molecule has 0 unspecified atom stereocenters. The van der Waals surface area contributed by atoms with Crippen LogP contribution in [0.5, 0.6) is 0 Å². The van der Waals surface area contributed by atoms with E-state index in [1.807, 2.05) is 0 Å². The Morgan fingerprint density at radius 3 is 0.700 bits per heavy atom. The average molecular weight is 565 g/mol. The molecule has 240 valence electrons. The molecular formula is C38H76O2. The van der Waals surface area contributed by atoms with Gasteiger partial charge in [-0.2, -0.15) is 0 Å². The molecule has 0 saturated heterocycles. The zero-order valence-corrected chi connectivity index (χ0v) is 28.2. The minimum Gasteiger partial charge on any atom is -0.481 e. The van der Waals surface area contributed by atoms with Gasteiger partial charge in [-0.3, -0.25) is 4.79 Å². The van der Waals surface area contributed by atoms with Crippen molar-refractivity contribution in [3.05, 3.63) is 0 Å². The van der Waals surface area contributed by atoms with Gasteiger partial charge >= 0.3 is 5.97 Å². The summed E-state index contributed by atoms with van der Waals surface area (Å²) in [6.45, 7) is 6.85. The fourth-order valence-electron chi connectivity index (χ4n) is 6.55. The Balaban J connectivity index is 4.39. The van der Waals surface area contributed by atoms with Gasteiger partial charge in [-0.05, 0) is 19.3 Å². The van der Waals surface area contributed by atoms with Crippen LogP contribution in [0, 0.1) is 5.41 Å². The predicted octanol–water partition coefficient (Wildman–Crippen LogP) is 14.0. The van der Waals surface area contributed by atoms with Gasteiger partial charge in [-0.25, -0.2) is 0 Å². The molecule has 0 amide bonds. The molecule has 40 heavy (non-hydrogen) atoms. The van der Waals surface area contributed by atoms with Crippen LogP contribution in [-0.4, -0.2) is 11.1 Å². The smallest absolute Gasteiger partial charge is 0.309 e. The summed E-state index contributed by atoms with van der Waals surface area (Å²) < 4.78 is 0. The van der Waals surface area contributed by atoms with Crippen molar-refractivity contribution >= 4 is 5.97 Å². The molecule has 0 aromatic carbocycles. The number of carbonyl (C=O) groups is 1. The van der Waals surface area contributed by atoms with Crippen LogP contribution in [0.25, 0.3) is 0 Å². The molecule has 0 radical (unpaired) electrons. The van der Waals surface area contributed by atoms with Gasteiger partial charge in [0.15, 0.2) is 0 Å². The topological polar surface area (TPSA) is 37.3 Å². The maximum atomic E-state index is 12.7. The van der Waals surface area contributed by atoms with Gasteiger partial charge in [0, 0.05) is 0 Å². The minimum absolute atomic E-state index is 0.458. The Hall–Kier alpha value is -0.530. The Morgan fingerprint density at radius 2 is 0.525 bits per heavy atom. The van der Waals surface area contributed by atoms with Crippen molar-refractivity contribution < 1.29 is 9.90 Å². The van der Waals surface area contributed by atoms with E-state index in [1.165, 1.54) is 173 Å². The zero-order valence-electron chi connectivity index (χ0n) is 28.2. The lowest BCUT2D eigenvalue weighted by molar-refractivity contribution is -0.150. The molecule has 0 heterocycles. The minimum atomic E-state index is -0.490. The highest BCUT2D eigenvalue weighted by Gasteiger charge is 2.36. The third kappa shape index (κ3) is 25.2. The van der Waals surface area contributed by atoms with Crippen LogP contribution < -0.4 is 0 Å². The van der Waals surface area contributed by atoms with E-state index in [9.17, 15) is 9.90 Å². The number of carboxylic acid groups (broad SMARTS) is 1. The van der Waals surface area contributed by atoms with Gasteiger partial charge in [0.2, 0.25) is 0 Å². The Kier molecular flexibility index (Phi) is 31.0. The second kappa shape index (κ2) is 31.4. The molecule has 1 N–H and O–H groups in total. The van der Waals surface area contributed by atoms with Crippen molar-refractivity contribution in [2.24, 2.45) is 5.41 Å². The maximum Gasteiger partial charge on any atom is 0.309 e. The summed E-state index contributed by atoms with van der Waals surface area (Å²) in [6, 6.07) is 0. The largest absolute Gasteiger partial charge is 0.481 e. The molecule has 2 nitrogen and oxygen atoms in total. The Morgan fingerprint density at radius 1 is 0.350 bits per heavy atom. The molecule has 0 aromatic rings. The lowest BCUT2D eigenvalue weighted by atomic mass is 9.74. The van der Waals surface area contributed by atoms with E-state index in [0.717, 1.165) is 38.5 Å². The summed E-state index contributed by atoms with van der Waals surface area (Å²) in [6.07, 6.45) is 42.4. The van der Waals surface area contributed by atoms with Crippen molar-refractivity contribution in [1.82, 2.24) is 0 Å². The molecule has 0 bridgehead atoms. The summed E-state index contributed by atoms with van der Waals surface area (Å²) >= 11 is 0. The van der Waals surface area contributed by atoms with Crippen LogP contribution in [0.2, 0.25) is 0 Å². The van der Waals surface area contributed by atoms with E-state index in [4.69, 9.17) is 0 Å². The van der Waals surface area contributed by atoms with Gasteiger partial charge in [0.25, 0.3) is 0 Å². The number of rotatable bonds is 34. The first-order valence-corrected chi connectivity index (χ1v) is 18.9. The standard InChI is InChI=1S/C38H76O2/c1-4-7-10-13-16-19-22-25-28-31-34-38(37(39)40,35-32-29-26-23-20-17-14-11-8-5-2)36-33-30-27-24-21-18-15-12-9-6-3/h4-36H2,1-3H3,(H,39,40). The number of aliphatic carboxylic acids is 1. The van der Waals surface area contributed by atoms with Gasteiger partial charge in [-0.15, -0.1) is 0 Å². The highest BCUT2D eigenvalue weighted by atomic mass is 16.4. The molecular weight excluding hydrogens is 488 g/mol. The molecule has 0 aliphatic heterocycles. The van der Waals surface area contributed by atoms with Crippen molar-refractivity contribution in [2.45, 2.75) is 233 Å². The summed E-state index contributed by atoms with van der Waals surface area (Å²) in [5, 5.41) is 10.5. The van der Waals surface area contributed by atoms with Crippen LogP contribution in [0.3, 0.4) is 0 Å². The van der Waals surface area contributed by atoms with Crippen LogP contribution in [-0.2, 0) is 4.79 Å². The monoisotopic (exact) mass is 565 g/mol. The van der Waals surface area contributed by atoms with Gasteiger partial charge in [0.1, 0.15) is 0 Å². The predicted molar refractivity (Wildman–Crippen MR) is 179 cm³/mol. The molecule has 0 spiro atoms. The van der Waals surface area contributed by atoms with Crippen LogP contribution in [0.1, 0.15) is 233 Å². The normalized spacial score (nSPS) is 11.9. The van der Waals surface area contributed by atoms with E-state index in [0.29, 0.717) is 0 Å². The third-order valence-electron chi connectivity index (χ3n) is 9.48.